The number of nitrogens with two attached hydrogens (primary N) is 1. The molecule has 0 atom stereocenters. The minimum Gasteiger partial charge on any atom is -0.389 e. The summed E-state index contributed by atoms with van der Waals surface area (Å²) >= 11 is 4.77. The molecule has 0 radical (unpaired) electrons. The summed E-state index contributed by atoms with van der Waals surface area (Å²) in [5, 5.41) is 17.6. The molecule has 6 nitrogen and oxygen atoms in total. The van der Waals surface area contributed by atoms with Gasteiger partial charge >= 0.3 is 0 Å². The number of nitrogens with zero attached hydrogens (tertiary/aromatic N) is 2. The van der Waals surface area contributed by atoms with Crippen molar-refractivity contribution in [3.8, 4) is 0 Å². The van der Waals surface area contributed by atoms with Gasteiger partial charge in [-0.1, -0.05) is 12.2 Å². The minimum atomic E-state index is -0.486. The van der Waals surface area contributed by atoms with E-state index < -0.39 is 4.92 Å². The number of nitro groups is 1. The number of non-ortho nitro benzene ring substituents is 1. The molecule has 0 fully saturated rings. The monoisotopic (exact) mass is 222 g/mol. The molecule has 0 amide bonds. The Hall–Kier alpha value is -2.02. The molecule has 2 rings (SSSR count). The number of rotatable bonds is 2. The second-order valence-electron chi connectivity index (χ2n) is 2.95. The number of nitrogens with one attached hydrogen (secondary N) is 1. The summed E-state index contributed by atoms with van der Waals surface area (Å²) in [6.45, 7) is 0. The zero-order valence-electron chi connectivity index (χ0n) is 7.43. The lowest BCUT2D eigenvalue weighted by molar-refractivity contribution is -0.383. The Morgan fingerprint density at radius 1 is 1.60 bits per heavy atom. The standard InChI is InChI=1S/C8H6N4O2S/c9-8(15)4-1-6-5(3-10-11-6)7(2-4)12(13)14/h1-3H,(H2,9,15)(H,10,11). The lowest BCUT2D eigenvalue weighted by Crippen LogP contribution is -2.09. The van der Waals surface area contributed by atoms with Crippen molar-refractivity contribution in [3.63, 3.8) is 0 Å². The fraction of sp³-hybridized carbons (Fsp3) is 0. The molecule has 1 aromatic heterocycles. The maximum Gasteiger partial charge on any atom is 0.281 e. The number of thiocarbonyl (C=S) groups is 1. The van der Waals surface area contributed by atoms with Crippen LogP contribution in [0.15, 0.2) is 18.3 Å². The van der Waals surface area contributed by atoms with Crippen molar-refractivity contribution in [1.29, 1.82) is 0 Å². The molecule has 76 valence electrons. The van der Waals surface area contributed by atoms with Gasteiger partial charge in [0.1, 0.15) is 4.99 Å². The maximum absolute atomic E-state index is 10.8. The quantitative estimate of drug-likeness (QED) is 0.450. The third-order valence-electron chi connectivity index (χ3n) is 2.02. The van der Waals surface area contributed by atoms with Crippen LogP contribution in [0.4, 0.5) is 5.69 Å². The van der Waals surface area contributed by atoms with Crippen LogP contribution < -0.4 is 5.73 Å². The third-order valence-corrected chi connectivity index (χ3v) is 2.25. The Kier molecular flexibility index (Phi) is 2.09. The Bertz CT molecular complexity index is 563. The zero-order chi connectivity index (χ0) is 11.0. The second kappa shape index (κ2) is 3.28. The van der Waals surface area contributed by atoms with Crippen LogP contribution in [-0.2, 0) is 0 Å². The average molecular weight is 222 g/mol. The molecular formula is C8H6N4O2S. The van der Waals surface area contributed by atoms with Crippen molar-refractivity contribution >= 4 is 33.8 Å². The molecule has 0 unspecified atom stereocenters. The topological polar surface area (TPSA) is 97.8 Å². The lowest BCUT2D eigenvalue weighted by atomic mass is 10.1. The molecule has 0 aliphatic rings. The highest BCUT2D eigenvalue weighted by Crippen LogP contribution is 2.25. The summed E-state index contributed by atoms with van der Waals surface area (Å²) in [4.78, 5) is 10.4. The maximum atomic E-state index is 10.8. The molecule has 3 N–H and O–H groups in total. The van der Waals surface area contributed by atoms with Crippen molar-refractivity contribution < 1.29 is 4.92 Å². The molecule has 7 heteroatoms. The van der Waals surface area contributed by atoms with Crippen LogP contribution in [0.3, 0.4) is 0 Å². The van der Waals surface area contributed by atoms with Gasteiger partial charge in [-0.2, -0.15) is 5.10 Å². The van der Waals surface area contributed by atoms with Crippen LogP contribution in [0, 0.1) is 10.1 Å². The second-order valence-corrected chi connectivity index (χ2v) is 3.39. The normalized spacial score (nSPS) is 10.4. The van der Waals surface area contributed by atoms with Gasteiger partial charge in [-0.15, -0.1) is 0 Å². The van der Waals surface area contributed by atoms with Crippen molar-refractivity contribution in [2.75, 3.05) is 0 Å². The van der Waals surface area contributed by atoms with Crippen LogP contribution in [0.5, 0.6) is 0 Å². The number of benzene rings is 1. The Morgan fingerprint density at radius 2 is 2.33 bits per heavy atom. The fourth-order valence-corrected chi connectivity index (χ4v) is 1.44. The van der Waals surface area contributed by atoms with Gasteiger partial charge in [0.15, 0.2) is 0 Å². The van der Waals surface area contributed by atoms with E-state index in [-0.39, 0.29) is 10.7 Å². The third kappa shape index (κ3) is 1.52. The van der Waals surface area contributed by atoms with E-state index in [2.05, 4.69) is 10.2 Å². The summed E-state index contributed by atoms with van der Waals surface area (Å²) in [6, 6.07) is 2.98. The Labute approximate surface area is 89.2 Å². The number of aromatic amines is 1. The van der Waals surface area contributed by atoms with E-state index >= 15 is 0 Å². The summed E-state index contributed by atoms with van der Waals surface area (Å²) in [5.74, 6) is 0. The van der Waals surface area contributed by atoms with Gasteiger partial charge in [0.05, 0.1) is 22.0 Å². The first-order chi connectivity index (χ1) is 7.09. The van der Waals surface area contributed by atoms with Crippen LogP contribution in [0.2, 0.25) is 0 Å². The predicted octanol–water partition coefficient (Wildman–Crippen LogP) is 1.11. The molecule has 0 aliphatic heterocycles. The van der Waals surface area contributed by atoms with Crippen molar-refractivity contribution in [2.45, 2.75) is 0 Å². The number of hydrogen-bond acceptors (Lipinski definition) is 4. The molecule has 0 saturated carbocycles. The molecule has 0 bridgehead atoms. The summed E-state index contributed by atoms with van der Waals surface area (Å²) in [5.41, 5.74) is 6.37. The van der Waals surface area contributed by atoms with Gasteiger partial charge in [0.25, 0.3) is 5.69 Å². The van der Waals surface area contributed by atoms with E-state index in [0.29, 0.717) is 16.5 Å². The van der Waals surface area contributed by atoms with Crippen LogP contribution in [0.1, 0.15) is 5.56 Å². The highest BCUT2D eigenvalue weighted by molar-refractivity contribution is 7.80. The van der Waals surface area contributed by atoms with Gasteiger partial charge in [0, 0.05) is 11.6 Å². The van der Waals surface area contributed by atoms with Gasteiger partial charge in [-0.05, 0) is 6.07 Å². The van der Waals surface area contributed by atoms with Crippen molar-refractivity contribution in [2.24, 2.45) is 5.73 Å². The van der Waals surface area contributed by atoms with Crippen molar-refractivity contribution in [3.05, 3.63) is 34.0 Å². The summed E-state index contributed by atoms with van der Waals surface area (Å²) in [6.07, 6.45) is 1.40. The summed E-state index contributed by atoms with van der Waals surface area (Å²) < 4.78 is 0. The highest BCUT2D eigenvalue weighted by atomic mass is 32.1. The largest absolute Gasteiger partial charge is 0.389 e. The number of hydrogen-bond donors (Lipinski definition) is 2. The first-order valence-corrected chi connectivity index (χ1v) is 4.41. The molecule has 0 spiro atoms. The first-order valence-electron chi connectivity index (χ1n) is 4.01. The SMILES string of the molecule is NC(=S)c1cc([N+](=O)[O-])c2cn[nH]c2c1. The molecule has 1 aromatic carbocycles. The number of nitro benzene ring substituents is 1. The summed E-state index contributed by atoms with van der Waals surface area (Å²) in [7, 11) is 0. The van der Waals surface area contributed by atoms with Crippen LogP contribution >= 0.6 is 12.2 Å². The molecular weight excluding hydrogens is 216 g/mol. The number of H-pyrrole nitrogens is 1. The highest BCUT2D eigenvalue weighted by Gasteiger charge is 2.15. The van der Waals surface area contributed by atoms with E-state index in [9.17, 15) is 10.1 Å². The lowest BCUT2D eigenvalue weighted by Gasteiger charge is -1.99. The fourth-order valence-electron chi connectivity index (χ4n) is 1.33. The predicted molar refractivity (Wildman–Crippen MR) is 58.6 cm³/mol. The van der Waals surface area contributed by atoms with E-state index in [1.165, 1.54) is 12.3 Å². The molecule has 1 heterocycles. The van der Waals surface area contributed by atoms with Crippen molar-refractivity contribution in [1.82, 2.24) is 10.2 Å². The first kappa shape index (κ1) is 9.53. The van der Waals surface area contributed by atoms with Gasteiger partial charge in [0.2, 0.25) is 0 Å². The van der Waals surface area contributed by atoms with E-state index in [1.807, 2.05) is 0 Å². The van der Waals surface area contributed by atoms with E-state index in [1.54, 1.807) is 6.07 Å². The van der Waals surface area contributed by atoms with E-state index in [4.69, 9.17) is 18.0 Å². The number of aromatic nitrogens is 2. The van der Waals surface area contributed by atoms with Gasteiger partial charge in [-0.3, -0.25) is 15.2 Å². The van der Waals surface area contributed by atoms with Gasteiger partial charge in [-0.25, -0.2) is 0 Å². The van der Waals surface area contributed by atoms with E-state index in [0.717, 1.165) is 0 Å². The van der Waals surface area contributed by atoms with Crippen LogP contribution in [-0.4, -0.2) is 20.1 Å². The Balaban J connectivity index is 2.80. The number of fused-ring (bicyclic) bond motifs is 1. The average Bonchev–Trinajstić information content (AvgIpc) is 2.62. The smallest absolute Gasteiger partial charge is 0.281 e. The minimum absolute atomic E-state index is 0.0518. The zero-order valence-corrected chi connectivity index (χ0v) is 8.25. The Morgan fingerprint density at radius 3 is 2.93 bits per heavy atom. The van der Waals surface area contributed by atoms with Gasteiger partial charge < -0.3 is 5.73 Å². The van der Waals surface area contributed by atoms with Crippen LogP contribution in [0.25, 0.3) is 10.9 Å². The molecule has 15 heavy (non-hydrogen) atoms. The molecule has 0 saturated heterocycles. The molecule has 2 aromatic rings. The molecule has 0 aliphatic carbocycles.